The van der Waals surface area contributed by atoms with E-state index in [4.69, 9.17) is 10.2 Å². The van der Waals surface area contributed by atoms with E-state index in [0.717, 1.165) is 0 Å². The van der Waals surface area contributed by atoms with Crippen molar-refractivity contribution in [1.29, 1.82) is 0 Å². The Kier molecular flexibility index (Phi) is 7.08. The van der Waals surface area contributed by atoms with Crippen molar-refractivity contribution in [2.24, 2.45) is 0 Å². The Hall–Kier alpha value is -0.170. The predicted molar refractivity (Wildman–Crippen MR) is 59.9 cm³/mol. The van der Waals surface area contributed by atoms with Gasteiger partial charge in [0.2, 0.25) is 0 Å². The Balaban J connectivity index is 4.16. The summed E-state index contributed by atoms with van der Waals surface area (Å²) >= 11 is 3.14. The smallest absolute Gasteiger partial charge is 0.320 e. The second-order valence-electron chi connectivity index (χ2n) is 3.32. The molecule has 0 spiro atoms. The molecule has 0 radical (unpaired) electrons. The second-order valence-corrected chi connectivity index (χ2v) is 4.43. The van der Waals surface area contributed by atoms with E-state index < -0.39 is 10.4 Å². The van der Waals surface area contributed by atoms with Gasteiger partial charge >= 0.3 is 5.97 Å². The first-order valence-corrected chi connectivity index (χ1v) is 5.65. The molecule has 5 nitrogen and oxygen atoms in total. The lowest BCUT2D eigenvalue weighted by atomic mass is 9.98. The first-order valence-electron chi connectivity index (χ1n) is 4.74. The number of halogens is 1. The molecule has 3 N–H and O–H groups in total. The molecule has 15 heavy (non-hydrogen) atoms. The third-order valence-electron chi connectivity index (χ3n) is 2.40. The van der Waals surface area contributed by atoms with E-state index in [1.807, 2.05) is 6.92 Å². The molecule has 0 saturated heterocycles. The summed E-state index contributed by atoms with van der Waals surface area (Å²) < 4.78 is 4.53. The minimum atomic E-state index is -0.736. The first-order chi connectivity index (χ1) is 7.05. The molecule has 0 rings (SSSR count). The van der Waals surface area contributed by atoms with E-state index >= 15 is 0 Å². The summed E-state index contributed by atoms with van der Waals surface area (Å²) in [5, 5.41) is 21.2. The highest BCUT2D eigenvalue weighted by atomic mass is 79.9. The molecule has 0 amide bonds. The number of carbonyl (C=O) groups excluding carboxylic acids is 1. The molecule has 1 unspecified atom stereocenters. The number of hydrogen-bond acceptors (Lipinski definition) is 5. The van der Waals surface area contributed by atoms with E-state index in [1.54, 1.807) is 0 Å². The van der Waals surface area contributed by atoms with Gasteiger partial charge in [-0.1, -0.05) is 22.9 Å². The van der Waals surface area contributed by atoms with Crippen molar-refractivity contribution in [2.45, 2.75) is 23.7 Å². The van der Waals surface area contributed by atoms with Crippen LogP contribution in [-0.2, 0) is 9.53 Å². The van der Waals surface area contributed by atoms with Crippen molar-refractivity contribution >= 4 is 21.9 Å². The normalized spacial score (nSPS) is 13.7. The van der Waals surface area contributed by atoms with Gasteiger partial charge in [-0.2, -0.15) is 0 Å². The molecule has 0 bridgehead atoms. The lowest BCUT2D eigenvalue weighted by molar-refractivity contribution is -0.139. The van der Waals surface area contributed by atoms with Crippen molar-refractivity contribution in [3.05, 3.63) is 0 Å². The van der Waals surface area contributed by atoms with Crippen LogP contribution in [0.4, 0.5) is 0 Å². The molecule has 0 aromatic rings. The highest BCUT2D eigenvalue weighted by Crippen LogP contribution is 2.10. The van der Waals surface area contributed by atoms with Gasteiger partial charge in [-0.3, -0.25) is 4.79 Å². The van der Waals surface area contributed by atoms with Crippen molar-refractivity contribution in [3.8, 4) is 0 Å². The maximum Gasteiger partial charge on any atom is 0.320 e. The van der Waals surface area contributed by atoms with Crippen LogP contribution >= 0.6 is 15.9 Å². The number of alkyl halides is 1. The molecule has 0 aromatic carbocycles. The van der Waals surface area contributed by atoms with Crippen LogP contribution in [0.15, 0.2) is 0 Å². The quantitative estimate of drug-likeness (QED) is 0.440. The van der Waals surface area contributed by atoms with Gasteiger partial charge in [-0.05, 0) is 6.42 Å². The maximum atomic E-state index is 11.1. The Bertz CT molecular complexity index is 188. The maximum absolute atomic E-state index is 11.1. The molecule has 0 fully saturated rings. The Labute approximate surface area is 97.9 Å². The molecule has 90 valence electrons. The monoisotopic (exact) mass is 283 g/mol. The zero-order chi connectivity index (χ0) is 11.9. The van der Waals surface area contributed by atoms with Crippen molar-refractivity contribution < 1.29 is 19.7 Å². The van der Waals surface area contributed by atoms with Crippen LogP contribution in [0.1, 0.15) is 13.3 Å². The molecule has 6 heteroatoms. The van der Waals surface area contributed by atoms with Crippen LogP contribution < -0.4 is 5.32 Å². The van der Waals surface area contributed by atoms with Gasteiger partial charge in [0.15, 0.2) is 0 Å². The molecule has 0 aliphatic heterocycles. The van der Waals surface area contributed by atoms with Crippen LogP contribution in [0.2, 0.25) is 0 Å². The number of rotatable bonds is 7. The van der Waals surface area contributed by atoms with E-state index in [-0.39, 0.29) is 19.2 Å². The summed E-state index contributed by atoms with van der Waals surface area (Å²) in [6, 6.07) is 0. The van der Waals surface area contributed by atoms with Gasteiger partial charge in [0.1, 0.15) is 4.83 Å². The van der Waals surface area contributed by atoms with Gasteiger partial charge < -0.3 is 20.3 Å². The molecule has 0 aromatic heterocycles. The summed E-state index contributed by atoms with van der Waals surface area (Å²) in [6.07, 6.45) is 0.570. The number of hydrogen-bond donors (Lipinski definition) is 3. The average Bonchev–Trinajstić information content (AvgIpc) is 2.30. The molecule has 0 aliphatic carbocycles. The van der Waals surface area contributed by atoms with Gasteiger partial charge in [0.25, 0.3) is 0 Å². The number of nitrogens with one attached hydrogen (secondary N) is 1. The number of methoxy groups -OCH3 is 1. The SMILES string of the molecule is CCC(CO)(CO)NCC(Br)C(=O)OC. The predicted octanol–water partition coefficient (Wildman–Crippen LogP) is -0.354. The van der Waals surface area contributed by atoms with Crippen LogP contribution in [0.5, 0.6) is 0 Å². The lowest BCUT2D eigenvalue weighted by Crippen LogP contribution is -2.53. The fourth-order valence-corrected chi connectivity index (χ4v) is 1.38. The van der Waals surface area contributed by atoms with Gasteiger partial charge in [0.05, 0.1) is 25.9 Å². The number of esters is 1. The molecule has 1 atom stereocenters. The Morgan fingerprint density at radius 1 is 1.53 bits per heavy atom. The molecule has 0 aliphatic rings. The van der Waals surface area contributed by atoms with Crippen molar-refractivity contribution in [1.82, 2.24) is 5.32 Å². The zero-order valence-corrected chi connectivity index (χ0v) is 10.6. The summed E-state index contributed by atoms with van der Waals surface area (Å²) in [7, 11) is 1.31. The van der Waals surface area contributed by atoms with E-state index in [9.17, 15) is 4.79 Å². The topological polar surface area (TPSA) is 78.8 Å². The number of ether oxygens (including phenoxy) is 1. The first kappa shape index (κ1) is 14.8. The highest BCUT2D eigenvalue weighted by molar-refractivity contribution is 9.10. The number of carbonyl (C=O) groups is 1. The lowest BCUT2D eigenvalue weighted by Gasteiger charge is -2.30. The third-order valence-corrected chi connectivity index (χ3v) is 3.09. The van der Waals surface area contributed by atoms with E-state index in [0.29, 0.717) is 13.0 Å². The van der Waals surface area contributed by atoms with Crippen molar-refractivity contribution in [2.75, 3.05) is 26.9 Å². The minimum absolute atomic E-state index is 0.180. The fraction of sp³-hybridized carbons (Fsp3) is 0.889. The third kappa shape index (κ3) is 4.46. The molecular weight excluding hydrogens is 266 g/mol. The summed E-state index contributed by atoms with van der Waals surface area (Å²) in [4.78, 5) is 10.6. The van der Waals surface area contributed by atoms with Gasteiger partial charge in [0, 0.05) is 6.54 Å². The van der Waals surface area contributed by atoms with Crippen LogP contribution in [0.3, 0.4) is 0 Å². The molecule has 0 saturated carbocycles. The highest BCUT2D eigenvalue weighted by Gasteiger charge is 2.28. The fourth-order valence-electron chi connectivity index (χ4n) is 1.03. The van der Waals surface area contributed by atoms with Gasteiger partial charge in [-0.15, -0.1) is 0 Å². The Morgan fingerprint density at radius 2 is 2.07 bits per heavy atom. The summed E-state index contributed by atoms with van der Waals surface area (Å²) in [6.45, 7) is 1.78. The molecular formula is C9H18BrNO4. The van der Waals surface area contributed by atoms with Crippen LogP contribution in [0.25, 0.3) is 0 Å². The number of aliphatic hydroxyl groups excluding tert-OH is 2. The van der Waals surface area contributed by atoms with Crippen molar-refractivity contribution in [3.63, 3.8) is 0 Å². The van der Waals surface area contributed by atoms with E-state index in [1.165, 1.54) is 7.11 Å². The second kappa shape index (κ2) is 7.16. The summed E-state index contributed by atoms with van der Waals surface area (Å²) in [5.74, 6) is -0.386. The largest absolute Gasteiger partial charge is 0.468 e. The van der Waals surface area contributed by atoms with Gasteiger partial charge in [-0.25, -0.2) is 0 Å². The number of aliphatic hydroxyl groups is 2. The molecule has 0 heterocycles. The van der Waals surface area contributed by atoms with Crippen LogP contribution in [-0.4, -0.2) is 53.4 Å². The summed E-state index contributed by atoms with van der Waals surface area (Å²) in [5.41, 5.74) is -0.736. The average molecular weight is 284 g/mol. The Morgan fingerprint density at radius 3 is 2.40 bits per heavy atom. The van der Waals surface area contributed by atoms with E-state index in [2.05, 4.69) is 26.0 Å². The van der Waals surface area contributed by atoms with Crippen LogP contribution in [0, 0.1) is 0 Å². The minimum Gasteiger partial charge on any atom is -0.468 e. The zero-order valence-electron chi connectivity index (χ0n) is 8.99. The standard InChI is InChI=1S/C9H18BrNO4/c1-3-9(5-12,6-13)11-4-7(10)8(14)15-2/h7,11-13H,3-6H2,1-2H3.